The summed E-state index contributed by atoms with van der Waals surface area (Å²) in [5.74, 6) is -4.51. The molecule has 4 heteroatoms. The van der Waals surface area contributed by atoms with Crippen LogP contribution in [0.4, 0.5) is 14.5 Å². The number of halogens is 2. The average molecular weight is 183 g/mol. The fraction of sp³-hybridized carbons (Fsp3) is 0.222. The molecule has 1 aromatic carbocycles. The highest BCUT2D eigenvalue weighted by molar-refractivity contribution is 6.05. The zero-order valence-electron chi connectivity index (χ0n) is 6.92. The molecule has 1 aliphatic heterocycles. The van der Waals surface area contributed by atoms with Gasteiger partial charge in [0, 0.05) is 7.05 Å². The SMILES string of the molecule is CN1C(=O)C(F)(F)c2ccccc21. The molecule has 1 aliphatic rings. The maximum absolute atomic E-state index is 13.2. The van der Waals surface area contributed by atoms with Crippen LogP contribution in [-0.2, 0) is 10.7 Å². The second kappa shape index (κ2) is 2.28. The molecule has 0 unspecified atom stereocenters. The molecule has 1 aromatic rings. The number of fused-ring (bicyclic) bond motifs is 1. The number of nitrogens with zero attached hydrogens (tertiary/aromatic N) is 1. The number of carbonyl (C=O) groups excluding carboxylic acids is 1. The van der Waals surface area contributed by atoms with Crippen LogP contribution < -0.4 is 4.90 Å². The van der Waals surface area contributed by atoms with Crippen molar-refractivity contribution in [3.05, 3.63) is 29.8 Å². The topological polar surface area (TPSA) is 20.3 Å². The van der Waals surface area contributed by atoms with E-state index in [9.17, 15) is 13.6 Å². The number of benzene rings is 1. The number of para-hydroxylation sites is 1. The normalized spacial score (nSPS) is 19.0. The van der Waals surface area contributed by atoms with E-state index in [4.69, 9.17) is 0 Å². The summed E-state index contributed by atoms with van der Waals surface area (Å²) in [5.41, 5.74) is 0.0833. The Bertz CT molecular complexity index is 376. The number of rotatable bonds is 0. The number of carbonyl (C=O) groups is 1. The van der Waals surface area contributed by atoms with Gasteiger partial charge in [0.1, 0.15) is 0 Å². The summed E-state index contributed by atoms with van der Waals surface area (Å²) in [5, 5.41) is 0. The smallest absolute Gasteiger partial charge is 0.309 e. The molecule has 0 saturated carbocycles. The van der Waals surface area contributed by atoms with E-state index in [0.717, 1.165) is 4.90 Å². The van der Waals surface area contributed by atoms with Gasteiger partial charge in [-0.1, -0.05) is 18.2 Å². The summed E-state index contributed by atoms with van der Waals surface area (Å²) in [7, 11) is 1.35. The van der Waals surface area contributed by atoms with Crippen molar-refractivity contribution in [1.29, 1.82) is 0 Å². The molecular weight excluding hydrogens is 176 g/mol. The molecule has 0 aliphatic carbocycles. The first-order valence-electron chi connectivity index (χ1n) is 3.80. The van der Waals surface area contributed by atoms with Crippen LogP contribution in [0.15, 0.2) is 24.3 Å². The summed E-state index contributed by atoms with van der Waals surface area (Å²) < 4.78 is 26.4. The summed E-state index contributed by atoms with van der Waals surface area (Å²) in [6, 6.07) is 5.91. The Balaban J connectivity index is 2.68. The zero-order valence-corrected chi connectivity index (χ0v) is 6.92. The van der Waals surface area contributed by atoms with Crippen molar-refractivity contribution in [3.63, 3.8) is 0 Å². The van der Waals surface area contributed by atoms with Crippen LogP contribution in [0, 0.1) is 0 Å². The second-order valence-electron chi connectivity index (χ2n) is 2.96. The molecule has 0 radical (unpaired) electrons. The van der Waals surface area contributed by atoms with Gasteiger partial charge >= 0.3 is 11.8 Å². The van der Waals surface area contributed by atoms with Crippen LogP contribution in [0.25, 0.3) is 0 Å². The first-order valence-corrected chi connectivity index (χ1v) is 3.80. The first kappa shape index (κ1) is 8.16. The molecule has 0 spiro atoms. The predicted octanol–water partition coefficient (Wildman–Crippen LogP) is 1.75. The van der Waals surface area contributed by atoms with E-state index >= 15 is 0 Å². The quantitative estimate of drug-likeness (QED) is 0.600. The third-order valence-electron chi connectivity index (χ3n) is 2.18. The maximum Gasteiger partial charge on any atom is 0.352 e. The number of likely N-dealkylation sites (N-methyl/N-ethyl adjacent to an activating group) is 1. The zero-order chi connectivity index (χ0) is 9.64. The molecule has 0 bridgehead atoms. The van der Waals surface area contributed by atoms with Gasteiger partial charge in [-0.2, -0.15) is 8.78 Å². The lowest BCUT2D eigenvalue weighted by Crippen LogP contribution is -2.31. The number of hydrogen-bond donors (Lipinski definition) is 0. The van der Waals surface area contributed by atoms with E-state index in [1.54, 1.807) is 6.07 Å². The number of hydrogen-bond acceptors (Lipinski definition) is 1. The van der Waals surface area contributed by atoms with Gasteiger partial charge < -0.3 is 4.90 Å². The molecule has 0 saturated heterocycles. The van der Waals surface area contributed by atoms with E-state index in [1.165, 1.54) is 25.2 Å². The van der Waals surface area contributed by atoms with Crippen LogP contribution in [0.3, 0.4) is 0 Å². The Kier molecular flexibility index (Phi) is 1.43. The Morgan fingerprint density at radius 3 is 2.54 bits per heavy atom. The van der Waals surface area contributed by atoms with E-state index in [-0.39, 0.29) is 11.3 Å². The number of anilines is 1. The van der Waals surface area contributed by atoms with Gasteiger partial charge in [0.25, 0.3) is 0 Å². The number of amides is 1. The minimum atomic E-state index is -3.36. The van der Waals surface area contributed by atoms with E-state index < -0.39 is 11.8 Å². The van der Waals surface area contributed by atoms with Gasteiger partial charge in [-0.25, -0.2) is 0 Å². The minimum Gasteiger partial charge on any atom is -0.309 e. The van der Waals surface area contributed by atoms with Crippen molar-refractivity contribution in [1.82, 2.24) is 0 Å². The Hall–Kier alpha value is -1.45. The highest BCUT2D eigenvalue weighted by atomic mass is 19.3. The molecule has 2 rings (SSSR count). The van der Waals surface area contributed by atoms with Gasteiger partial charge in [0.2, 0.25) is 0 Å². The van der Waals surface area contributed by atoms with Crippen LogP contribution in [0.5, 0.6) is 0 Å². The summed E-state index contributed by atoms with van der Waals surface area (Å²) >= 11 is 0. The van der Waals surface area contributed by atoms with Crippen LogP contribution in [0.1, 0.15) is 5.56 Å². The van der Waals surface area contributed by atoms with Crippen molar-refractivity contribution in [2.75, 3.05) is 11.9 Å². The fourth-order valence-corrected chi connectivity index (χ4v) is 1.47. The molecule has 1 heterocycles. The lowest BCUT2D eigenvalue weighted by molar-refractivity contribution is -0.141. The largest absolute Gasteiger partial charge is 0.352 e. The fourth-order valence-electron chi connectivity index (χ4n) is 1.47. The highest BCUT2D eigenvalue weighted by Crippen LogP contribution is 2.42. The maximum atomic E-state index is 13.2. The Morgan fingerprint density at radius 2 is 1.92 bits per heavy atom. The van der Waals surface area contributed by atoms with Crippen molar-refractivity contribution in [2.24, 2.45) is 0 Å². The van der Waals surface area contributed by atoms with Gasteiger partial charge in [-0.15, -0.1) is 0 Å². The molecule has 0 atom stereocenters. The van der Waals surface area contributed by atoms with Gasteiger partial charge in [-0.05, 0) is 6.07 Å². The average Bonchev–Trinajstić information content (AvgIpc) is 2.30. The van der Waals surface area contributed by atoms with E-state index in [1.807, 2.05) is 0 Å². The third-order valence-corrected chi connectivity index (χ3v) is 2.18. The number of alkyl halides is 2. The molecule has 13 heavy (non-hydrogen) atoms. The summed E-state index contributed by atoms with van der Waals surface area (Å²) in [6.45, 7) is 0. The van der Waals surface area contributed by atoms with E-state index in [2.05, 4.69) is 0 Å². The summed E-state index contributed by atoms with van der Waals surface area (Å²) in [6.07, 6.45) is 0. The van der Waals surface area contributed by atoms with E-state index in [0.29, 0.717) is 0 Å². The molecular formula is C9H7F2NO. The monoisotopic (exact) mass is 183 g/mol. The molecule has 0 aromatic heterocycles. The van der Waals surface area contributed by atoms with Crippen molar-refractivity contribution < 1.29 is 13.6 Å². The molecule has 1 amide bonds. The van der Waals surface area contributed by atoms with Gasteiger partial charge in [0.15, 0.2) is 0 Å². The Labute approximate surface area is 73.8 Å². The lowest BCUT2D eigenvalue weighted by atomic mass is 10.1. The van der Waals surface area contributed by atoms with Gasteiger partial charge in [-0.3, -0.25) is 4.79 Å². The highest BCUT2D eigenvalue weighted by Gasteiger charge is 2.51. The van der Waals surface area contributed by atoms with Crippen molar-refractivity contribution in [2.45, 2.75) is 5.92 Å². The van der Waals surface area contributed by atoms with Crippen LogP contribution >= 0.6 is 0 Å². The van der Waals surface area contributed by atoms with Crippen LogP contribution in [-0.4, -0.2) is 13.0 Å². The molecule has 0 fully saturated rings. The minimum absolute atomic E-state index is 0.206. The predicted molar refractivity (Wildman–Crippen MR) is 43.7 cm³/mol. The van der Waals surface area contributed by atoms with Crippen molar-refractivity contribution >= 4 is 11.6 Å². The van der Waals surface area contributed by atoms with Gasteiger partial charge in [0.05, 0.1) is 11.3 Å². The first-order chi connectivity index (χ1) is 6.05. The Morgan fingerprint density at radius 1 is 1.31 bits per heavy atom. The van der Waals surface area contributed by atoms with Crippen LogP contribution in [0.2, 0.25) is 0 Å². The second-order valence-corrected chi connectivity index (χ2v) is 2.96. The molecule has 0 N–H and O–H groups in total. The molecule has 2 nitrogen and oxygen atoms in total. The van der Waals surface area contributed by atoms with Crippen molar-refractivity contribution in [3.8, 4) is 0 Å². The summed E-state index contributed by atoms with van der Waals surface area (Å²) in [4.78, 5) is 12.0. The molecule has 68 valence electrons. The standard InChI is InChI=1S/C9H7F2NO/c1-12-7-5-3-2-4-6(7)9(10,11)8(12)13/h2-5H,1H3. The lowest BCUT2D eigenvalue weighted by Gasteiger charge is -2.08. The third kappa shape index (κ3) is 0.883.